The number of carboxylic acid groups (broad SMARTS) is 1. The second-order valence-corrected chi connectivity index (χ2v) is 8.48. The maximum atomic E-state index is 12.9. The molecule has 0 spiro atoms. The molecule has 2 amide bonds. The van der Waals surface area contributed by atoms with E-state index in [1.165, 1.54) is 7.11 Å². The molecule has 8 heteroatoms. The van der Waals surface area contributed by atoms with Gasteiger partial charge in [-0.05, 0) is 35.6 Å². The molecular formula is C26H32N2O6. The maximum absolute atomic E-state index is 12.9. The molecule has 0 saturated carbocycles. The number of carbonyl (C=O) groups excluding carboxylic acids is 2. The van der Waals surface area contributed by atoms with Crippen molar-refractivity contribution in [3.05, 3.63) is 59.7 Å². The van der Waals surface area contributed by atoms with Crippen molar-refractivity contribution in [1.82, 2.24) is 10.6 Å². The maximum Gasteiger partial charge on any atom is 0.407 e. The first-order chi connectivity index (χ1) is 16.3. The molecule has 2 unspecified atom stereocenters. The predicted octanol–water partition coefficient (Wildman–Crippen LogP) is 3.69. The standard InChI is InChI=1S/C26H32N2O6/c1-4-9-17(14-23(29)30)27-25(31)24(16(2)33-3)28-26(32)34-15-22-20-12-7-5-10-18(20)19-11-6-8-13-21(19)22/h5-8,10-13,16-17,22,24H,4,9,14-15H2,1-3H3,(H,27,31)(H,28,32)(H,29,30)/t16?,17-,24?/m1/s1. The van der Waals surface area contributed by atoms with Gasteiger partial charge in [0.25, 0.3) is 0 Å². The van der Waals surface area contributed by atoms with E-state index in [4.69, 9.17) is 14.6 Å². The number of ether oxygens (including phenoxy) is 2. The number of alkyl carbamates (subject to hydrolysis) is 1. The normalized spacial score (nSPS) is 14.9. The van der Waals surface area contributed by atoms with Gasteiger partial charge in [-0.25, -0.2) is 4.79 Å². The molecule has 8 nitrogen and oxygen atoms in total. The average molecular weight is 469 g/mol. The Bertz CT molecular complexity index is 978. The zero-order valence-electron chi connectivity index (χ0n) is 19.7. The van der Waals surface area contributed by atoms with Crippen molar-refractivity contribution in [2.45, 2.75) is 57.2 Å². The van der Waals surface area contributed by atoms with Crippen molar-refractivity contribution in [1.29, 1.82) is 0 Å². The Kier molecular flexibility index (Phi) is 8.65. The zero-order valence-corrected chi connectivity index (χ0v) is 19.7. The molecule has 0 radical (unpaired) electrons. The Morgan fingerprint density at radius 2 is 1.59 bits per heavy atom. The van der Waals surface area contributed by atoms with Gasteiger partial charge in [-0.15, -0.1) is 0 Å². The van der Waals surface area contributed by atoms with Gasteiger partial charge in [0.2, 0.25) is 5.91 Å². The molecule has 1 aliphatic rings. The number of hydrogen-bond acceptors (Lipinski definition) is 5. The van der Waals surface area contributed by atoms with E-state index in [0.29, 0.717) is 12.8 Å². The summed E-state index contributed by atoms with van der Waals surface area (Å²) in [5.41, 5.74) is 4.43. The fourth-order valence-electron chi connectivity index (χ4n) is 4.37. The van der Waals surface area contributed by atoms with Gasteiger partial charge in [0.05, 0.1) is 12.5 Å². The van der Waals surface area contributed by atoms with Crippen molar-refractivity contribution in [2.75, 3.05) is 13.7 Å². The number of aliphatic carboxylic acids is 1. The first kappa shape index (κ1) is 25.2. The lowest BCUT2D eigenvalue weighted by Crippen LogP contribution is -2.55. The fourth-order valence-corrected chi connectivity index (χ4v) is 4.37. The van der Waals surface area contributed by atoms with Crippen LogP contribution in [0.15, 0.2) is 48.5 Å². The van der Waals surface area contributed by atoms with Crippen LogP contribution in [0, 0.1) is 0 Å². The van der Waals surface area contributed by atoms with Crippen LogP contribution >= 0.6 is 0 Å². The van der Waals surface area contributed by atoms with Crippen LogP contribution in [0.5, 0.6) is 0 Å². The third-order valence-corrected chi connectivity index (χ3v) is 6.15. The highest BCUT2D eigenvalue weighted by Gasteiger charge is 2.32. The van der Waals surface area contributed by atoms with Crippen molar-refractivity contribution in [2.24, 2.45) is 0 Å². The summed E-state index contributed by atoms with van der Waals surface area (Å²) in [6, 6.07) is 14.5. The van der Waals surface area contributed by atoms with Crippen LogP contribution in [-0.4, -0.2) is 55.0 Å². The largest absolute Gasteiger partial charge is 0.481 e. The number of fused-ring (bicyclic) bond motifs is 3. The predicted molar refractivity (Wildman–Crippen MR) is 128 cm³/mol. The molecule has 0 saturated heterocycles. The second kappa shape index (κ2) is 11.7. The Morgan fingerprint density at radius 3 is 2.12 bits per heavy atom. The van der Waals surface area contributed by atoms with Crippen LogP contribution in [0.4, 0.5) is 4.79 Å². The summed E-state index contributed by atoms with van der Waals surface area (Å²) in [6.45, 7) is 3.68. The molecule has 3 N–H and O–H groups in total. The van der Waals surface area contributed by atoms with Crippen LogP contribution in [0.3, 0.4) is 0 Å². The lowest BCUT2D eigenvalue weighted by molar-refractivity contribution is -0.138. The van der Waals surface area contributed by atoms with Gasteiger partial charge in [0.1, 0.15) is 12.6 Å². The van der Waals surface area contributed by atoms with E-state index in [9.17, 15) is 14.4 Å². The molecule has 2 aromatic rings. The summed E-state index contributed by atoms with van der Waals surface area (Å²) >= 11 is 0. The number of amides is 2. The van der Waals surface area contributed by atoms with Crippen LogP contribution in [-0.2, 0) is 19.1 Å². The third-order valence-electron chi connectivity index (χ3n) is 6.15. The Balaban J connectivity index is 1.66. The van der Waals surface area contributed by atoms with Crippen LogP contribution in [0.2, 0.25) is 0 Å². The fraction of sp³-hybridized carbons (Fsp3) is 0.423. The first-order valence-corrected chi connectivity index (χ1v) is 11.5. The van der Waals surface area contributed by atoms with Crippen molar-refractivity contribution < 1.29 is 29.0 Å². The molecule has 3 atom stereocenters. The summed E-state index contributed by atoms with van der Waals surface area (Å²) in [5.74, 6) is -1.61. The van der Waals surface area contributed by atoms with Gasteiger partial charge in [0.15, 0.2) is 0 Å². The smallest absolute Gasteiger partial charge is 0.407 e. The molecule has 0 bridgehead atoms. The number of nitrogens with one attached hydrogen (secondary N) is 2. The Hall–Kier alpha value is -3.39. The molecule has 0 aromatic heterocycles. The highest BCUT2D eigenvalue weighted by atomic mass is 16.5. The first-order valence-electron chi connectivity index (χ1n) is 11.5. The molecule has 182 valence electrons. The van der Waals surface area contributed by atoms with E-state index < -0.39 is 36.2 Å². The highest BCUT2D eigenvalue weighted by molar-refractivity contribution is 5.87. The lowest BCUT2D eigenvalue weighted by Gasteiger charge is -2.26. The van der Waals surface area contributed by atoms with Crippen LogP contribution in [0.25, 0.3) is 11.1 Å². The molecule has 34 heavy (non-hydrogen) atoms. The molecule has 3 rings (SSSR count). The topological polar surface area (TPSA) is 114 Å². The summed E-state index contributed by atoms with van der Waals surface area (Å²) < 4.78 is 10.8. The molecule has 0 fully saturated rings. The van der Waals surface area contributed by atoms with E-state index in [1.54, 1.807) is 6.92 Å². The molecule has 0 heterocycles. The Labute approximate surface area is 199 Å². The van der Waals surface area contributed by atoms with E-state index in [1.807, 2.05) is 43.3 Å². The molecule has 2 aromatic carbocycles. The average Bonchev–Trinajstić information content (AvgIpc) is 3.14. The monoisotopic (exact) mass is 468 g/mol. The second-order valence-electron chi connectivity index (χ2n) is 8.48. The number of methoxy groups -OCH3 is 1. The van der Waals surface area contributed by atoms with Gasteiger partial charge < -0.3 is 25.2 Å². The van der Waals surface area contributed by atoms with E-state index >= 15 is 0 Å². The van der Waals surface area contributed by atoms with Crippen LogP contribution in [0.1, 0.15) is 50.2 Å². The highest BCUT2D eigenvalue weighted by Crippen LogP contribution is 2.44. The van der Waals surface area contributed by atoms with Crippen molar-refractivity contribution in [3.63, 3.8) is 0 Å². The number of rotatable bonds is 11. The van der Waals surface area contributed by atoms with E-state index in [0.717, 1.165) is 22.3 Å². The van der Waals surface area contributed by atoms with Gasteiger partial charge in [-0.3, -0.25) is 9.59 Å². The molecular weight excluding hydrogens is 436 g/mol. The number of carboxylic acids is 1. The van der Waals surface area contributed by atoms with E-state index in [-0.39, 0.29) is 18.9 Å². The van der Waals surface area contributed by atoms with Crippen molar-refractivity contribution in [3.8, 4) is 11.1 Å². The quantitative estimate of drug-likeness (QED) is 0.464. The van der Waals surface area contributed by atoms with Crippen molar-refractivity contribution >= 4 is 18.0 Å². The van der Waals surface area contributed by atoms with Gasteiger partial charge in [-0.2, -0.15) is 0 Å². The van der Waals surface area contributed by atoms with Crippen LogP contribution < -0.4 is 10.6 Å². The summed E-state index contributed by atoms with van der Waals surface area (Å²) in [6.07, 6.45) is -0.359. The van der Waals surface area contributed by atoms with E-state index in [2.05, 4.69) is 22.8 Å². The number of carbonyl (C=O) groups is 3. The SMILES string of the molecule is CCC[C@H](CC(=O)O)NC(=O)C(NC(=O)OCC1c2ccccc2-c2ccccc21)C(C)OC. The summed E-state index contributed by atoms with van der Waals surface area (Å²) in [4.78, 5) is 36.7. The lowest BCUT2D eigenvalue weighted by atomic mass is 9.98. The molecule has 0 aliphatic heterocycles. The van der Waals surface area contributed by atoms with Gasteiger partial charge in [0, 0.05) is 19.1 Å². The minimum absolute atomic E-state index is 0.102. The zero-order chi connectivity index (χ0) is 24.7. The van der Waals surface area contributed by atoms with Gasteiger partial charge in [-0.1, -0.05) is 61.9 Å². The minimum Gasteiger partial charge on any atom is -0.481 e. The third kappa shape index (κ3) is 5.94. The summed E-state index contributed by atoms with van der Waals surface area (Å²) in [5, 5.41) is 14.4. The summed E-state index contributed by atoms with van der Waals surface area (Å²) in [7, 11) is 1.44. The Morgan fingerprint density at radius 1 is 1.00 bits per heavy atom. The number of hydrogen-bond donors (Lipinski definition) is 3. The number of benzene rings is 2. The van der Waals surface area contributed by atoms with Gasteiger partial charge >= 0.3 is 12.1 Å². The molecule has 1 aliphatic carbocycles. The minimum atomic E-state index is -1.03.